The maximum atomic E-state index is 12.9. The number of carbonyl (C=O) groups excluding carboxylic acids is 1. The van der Waals surface area contributed by atoms with Gasteiger partial charge >= 0.3 is 5.97 Å². The zero-order valence-electron chi connectivity index (χ0n) is 33.3. The van der Waals surface area contributed by atoms with Gasteiger partial charge in [-0.25, -0.2) is 14.8 Å². The Morgan fingerprint density at radius 3 is 1.28 bits per heavy atom. The number of imidazole rings is 2. The summed E-state index contributed by atoms with van der Waals surface area (Å²) in [6, 6.07) is 51.4. The van der Waals surface area contributed by atoms with Gasteiger partial charge in [0.1, 0.15) is 11.6 Å². The van der Waals surface area contributed by atoms with Crippen molar-refractivity contribution in [3.8, 4) is 45.3 Å². The van der Waals surface area contributed by atoms with Gasteiger partial charge < -0.3 is 9.13 Å². The van der Waals surface area contributed by atoms with Crippen molar-refractivity contribution in [2.24, 2.45) is 14.1 Å². The van der Waals surface area contributed by atoms with Crippen LogP contribution in [0.1, 0.15) is 6.92 Å². The predicted octanol–water partition coefficient (Wildman–Crippen LogP) is 10.9. The minimum absolute atomic E-state index is 0.162. The molecule has 0 aliphatic carbocycles. The Kier molecular flexibility index (Phi) is 8.04. The molecule has 0 aliphatic heterocycles. The van der Waals surface area contributed by atoms with Gasteiger partial charge in [-0.3, -0.25) is 10.1 Å². The van der Waals surface area contributed by atoms with Crippen molar-refractivity contribution in [1.82, 2.24) is 19.1 Å². The fourth-order valence-corrected chi connectivity index (χ4v) is 9.14. The Bertz CT molecular complexity index is 3450. The number of aryl methyl sites for hydroxylation is 2. The molecular formula is C51H35N6O4+. The molecule has 11 aromatic rings. The van der Waals surface area contributed by atoms with E-state index in [0.717, 1.165) is 87.9 Å². The van der Waals surface area contributed by atoms with Crippen molar-refractivity contribution in [2.75, 3.05) is 0 Å². The first kappa shape index (κ1) is 35.9. The van der Waals surface area contributed by atoms with Gasteiger partial charge in [0.15, 0.2) is 0 Å². The lowest BCUT2D eigenvalue weighted by atomic mass is 10.00. The number of aromatic nitrogens is 5. The number of fused-ring (bicyclic) bond motifs is 12. The second kappa shape index (κ2) is 13.7. The molecular weight excluding hydrogens is 761 g/mol. The number of hydrogen-bond donors (Lipinski definition) is 0. The van der Waals surface area contributed by atoms with Crippen LogP contribution in [-0.2, 0) is 18.9 Å². The van der Waals surface area contributed by atoms with Crippen molar-refractivity contribution in [3.63, 3.8) is 0 Å². The average Bonchev–Trinajstić information content (AvgIpc) is 3.83. The molecule has 10 heteroatoms. The summed E-state index contributed by atoms with van der Waals surface area (Å²) in [5.74, 6) is 0.856. The van der Waals surface area contributed by atoms with Gasteiger partial charge in [-0.2, -0.15) is 4.84 Å². The molecule has 3 aromatic heterocycles. The Labute approximate surface area is 348 Å². The Morgan fingerprint density at radius 1 is 0.525 bits per heavy atom. The smallest absolute Gasteiger partial charge is 0.327 e. The van der Waals surface area contributed by atoms with Crippen molar-refractivity contribution >= 4 is 76.8 Å². The minimum Gasteiger partial charge on any atom is -0.327 e. The number of benzene rings is 8. The number of carbonyl (C=O) groups is 1. The van der Waals surface area contributed by atoms with E-state index >= 15 is 0 Å². The standard InChI is InChI=1S/C51H35N6O4/c1-30(58)61-56-44(31-14-12-16-33(26-31)50-52-46-40-22-8-4-18-36(40)38-20-6-10-24-42(38)48(46)54(50)2)28-35(57(59)60)29-45(56)32-15-13-17-34(27-32)51-53-47-41-23-9-5-19-37(41)39-21-7-11-25-43(39)49(47)55(51)3/h4-29H,1-3H3/q+1. The molecule has 0 aliphatic rings. The van der Waals surface area contributed by atoms with Gasteiger partial charge in [-0.1, -0.05) is 121 Å². The van der Waals surface area contributed by atoms with Crippen molar-refractivity contribution in [3.05, 3.63) is 168 Å². The maximum absolute atomic E-state index is 12.9. The second-order valence-corrected chi connectivity index (χ2v) is 15.3. The number of nitrogens with zero attached hydrogens (tertiary/aromatic N) is 6. The maximum Gasteiger partial charge on any atom is 0.377 e. The van der Waals surface area contributed by atoms with E-state index in [4.69, 9.17) is 14.8 Å². The summed E-state index contributed by atoms with van der Waals surface area (Å²) in [5, 5.41) is 21.5. The summed E-state index contributed by atoms with van der Waals surface area (Å²) in [4.78, 5) is 41.5. The number of pyridine rings is 1. The molecule has 0 atom stereocenters. The van der Waals surface area contributed by atoms with Gasteiger partial charge in [0.2, 0.25) is 0 Å². The minimum atomic E-state index is -0.586. The summed E-state index contributed by atoms with van der Waals surface area (Å²) in [6.07, 6.45) is 0. The topological polar surface area (TPSA) is 109 Å². The molecule has 292 valence electrons. The molecule has 0 fully saturated rings. The SMILES string of the molecule is CC(=O)O[n+]1c(-c2cccc(-c3nc4c5ccccc5c5ccccc5c4n3C)c2)cc([N+](=O)[O-])cc1-c1cccc(-c2nc3c4ccccc4c4ccccc4c3n2C)c1. The first-order chi connectivity index (χ1) is 29.7. The molecule has 0 bridgehead atoms. The van der Waals surface area contributed by atoms with E-state index in [-0.39, 0.29) is 5.69 Å². The van der Waals surface area contributed by atoms with E-state index in [1.54, 1.807) is 0 Å². The molecule has 61 heavy (non-hydrogen) atoms. The van der Waals surface area contributed by atoms with E-state index in [2.05, 4.69) is 57.7 Å². The van der Waals surface area contributed by atoms with Crippen molar-refractivity contribution < 1.29 is 19.3 Å². The lowest BCUT2D eigenvalue weighted by Gasteiger charge is -2.10. The zero-order valence-corrected chi connectivity index (χ0v) is 33.3. The van der Waals surface area contributed by atoms with E-state index in [1.807, 2.05) is 111 Å². The Hall–Kier alpha value is -8.24. The molecule has 11 rings (SSSR count). The van der Waals surface area contributed by atoms with Crippen molar-refractivity contribution in [2.45, 2.75) is 6.92 Å². The fraction of sp³-hybridized carbons (Fsp3) is 0.0588. The van der Waals surface area contributed by atoms with E-state index in [0.29, 0.717) is 22.5 Å². The summed E-state index contributed by atoms with van der Waals surface area (Å²) in [5.41, 5.74) is 7.01. The van der Waals surface area contributed by atoms with Crippen LogP contribution in [0.4, 0.5) is 5.69 Å². The van der Waals surface area contributed by atoms with Gasteiger partial charge in [0.05, 0.1) is 50.2 Å². The molecule has 0 unspecified atom stereocenters. The largest absolute Gasteiger partial charge is 0.377 e. The van der Waals surface area contributed by atoms with Crippen LogP contribution in [0.2, 0.25) is 0 Å². The van der Waals surface area contributed by atoms with E-state index < -0.39 is 10.9 Å². The molecule has 0 spiro atoms. The average molecular weight is 796 g/mol. The first-order valence-corrected chi connectivity index (χ1v) is 19.9. The summed E-state index contributed by atoms with van der Waals surface area (Å²) in [6.45, 7) is 1.32. The molecule has 0 saturated heterocycles. The highest BCUT2D eigenvalue weighted by atomic mass is 16.7. The molecule has 8 aromatic carbocycles. The van der Waals surface area contributed by atoms with Gasteiger partial charge in [-0.15, -0.1) is 0 Å². The first-order valence-electron chi connectivity index (χ1n) is 19.9. The van der Waals surface area contributed by atoms with Crippen molar-refractivity contribution in [1.29, 1.82) is 0 Å². The van der Waals surface area contributed by atoms with Gasteiger partial charge in [0.25, 0.3) is 17.1 Å². The third kappa shape index (κ3) is 5.56. The number of hydrogen-bond acceptors (Lipinski definition) is 6. The van der Waals surface area contributed by atoms with Crippen LogP contribution >= 0.6 is 0 Å². The fourth-order valence-electron chi connectivity index (χ4n) is 9.14. The Morgan fingerprint density at radius 2 is 0.885 bits per heavy atom. The van der Waals surface area contributed by atoms with Crippen LogP contribution < -0.4 is 9.57 Å². The van der Waals surface area contributed by atoms with Crippen LogP contribution in [0.15, 0.2) is 158 Å². The summed E-state index contributed by atoms with van der Waals surface area (Å²) >= 11 is 0. The third-order valence-corrected chi connectivity index (χ3v) is 11.8. The van der Waals surface area contributed by atoms with Gasteiger partial charge in [0, 0.05) is 58.4 Å². The third-order valence-electron chi connectivity index (χ3n) is 11.8. The van der Waals surface area contributed by atoms with Crippen LogP contribution in [0, 0.1) is 10.1 Å². The highest BCUT2D eigenvalue weighted by Crippen LogP contribution is 2.40. The second-order valence-electron chi connectivity index (χ2n) is 15.3. The van der Waals surface area contributed by atoms with E-state index in [1.165, 1.54) is 23.8 Å². The van der Waals surface area contributed by atoms with Crippen LogP contribution in [0.25, 0.3) is 110 Å². The van der Waals surface area contributed by atoms with E-state index in [9.17, 15) is 14.9 Å². The summed E-state index contributed by atoms with van der Waals surface area (Å²) in [7, 11) is 4.01. The lowest BCUT2D eigenvalue weighted by molar-refractivity contribution is -0.851. The summed E-state index contributed by atoms with van der Waals surface area (Å²) < 4.78 is 5.58. The lowest BCUT2D eigenvalue weighted by Crippen LogP contribution is -2.48. The highest BCUT2D eigenvalue weighted by molar-refractivity contribution is 6.25. The van der Waals surface area contributed by atoms with Crippen LogP contribution in [-0.4, -0.2) is 30.0 Å². The Balaban J connectivity index is 1.09. The van der Waals surface area contributed by atoms with Crippen LogP contribution in [0.3, 0.4) is 0 Å². The number of nitro groups is 1. The molecule has 0 radical (unpaired) electrons. The normalized spacial score (nSPS) is 11.7. The quantitative estimate of drug-likeness (QED) is 0.0717. The zero-order chi connectivity index (χ0) is 41.5. The highest BCUT2D eigenvalue weighted by Gasteiger charge is 2.31. The molecule has 3 heterocycles. The molecule has 0 N–H and O–H groups in total. The number of rotatable bonds is 6. The van der Waals surface area contributed by atoms with Crippen LogP contribution in [0.5, 0.6) is 0 Å². The predicted molar refractivity (Wildman–Crippen MR) is 241 cm³/mol. The molecule has 10 nitrogen and oxygen atoms in total. The molecule has 0 amide bonds. The molecule has 0 saturated carbocycles. The van der Waals surface area contributed by atoms with Gasteiger partial charge in [-0.05, 0) is 45.8 Å². The monoisotopic (exact) mass is 795 g/mol.